The number of amides is 4. The van der Waals surface area contributed by atoms with E-state index in [0.29, 0.717) is 99.3 Å². The molecule has 12 nitrogen and oxygen atoms in total. The topological polar surface area (TPSA) is 159 Å². The van der Waals surface area contributed by atoms with Crippen molar-refractivity contribution in [1.29, 1.82) is 10.5 Å². The van der Waals surface area contributed by atoms with Crippen LogP contribution in [0.5, 0.6) is 0 Å². The number of likely N-dealkylation sites (tertiary alicyclic amines) is 2. The van der Waals surface area contributed by atoms with Gasteiger partial charge in [-0.25, -0.2) is 18.4 Å². The summed E-state index contributed by atoms with van der Waals surface area (Å²) in [5, 5.41) is 43.5. The zero-order valence-electron chi connectivity index (χ0n) is 41.7. The molecule has 4 aromatic rings. The molecule has 4 N–H and O–H groups in total. The minimum Gasteiger partial charge on any atom is -0.392 e. The number of carbonyl (C=O) groups excluding carboxylic acids is 2. The lowest BCUT2D eigenvalue weighted by Gasteiger charge is -2.37. The summed E-state index contributed by atoms with van der Waals surface area (Å²) >= 11 is 0. The number of anilines is 2. The average Bonchev–Trinajstić information content (AvgIpc) is 4.22. The van der Waals surface area contributed by atoms with Gasteiger partial charge in [0.15, 0.2) is 0 Å². The number of aliphatic hydroxyl groups is 2. The van der Waals surface area contributed by atoms with Crippen molar-refractivity contribution in [3.63, 3.8) is 0 Å². The molecule has 4 saturated carbocycles. The van der Waals surface area contributed by atoms with Gasteiger partial charge in [0.25, 0.3) is 0 Å². The quantitative estimate of drug-likeness (QED) is 0.102. The number of nitriles is 2. The van der Waals surface area contributed by atoms with Gasteiger partial charge in [0.05, 0.1) is 46.6 Å². The maximum absolute atomic E-state index is 13.8. The molecule has 6 aliphatic rings. The monoisotopic (exact) mass is 1060 g/mol. The van der Waals surface area contributed by atoms with Gasteiger partial charge in [-0.3, -0.25) is 9.80 Å². The number of rotatable bonds is 12. The molecule has 4 amide bonds. The first-order valence-corrected chi connectivity index (χ1v) is 25.9. The van der Waals surface area contributed by atoms with Crippen LogP contribution < -0.4 is 10.6 Å². The Hall–Kier alpha value is -6.32. The Bertz CT molecular complexity index is 2680. The van der Waals surface area contributed by atoms with Crippen LogP contribution in [0, 0.1) is 46.1 Å². The standard InChI is InChI=1S/2C28H30F4N4O2/c2*29-25-5-4-21(14-24(25)28(30,31)32)34-26(38)36(11-10-35-9-7-23(37)17-35)22-6-8-27(15-20(27)13-22)19-3-1-2-18(12-19)16-33/h2*1-5,12,14,20,22-23,37H,6-11,13,15,17H2,(H,34,38)/t20?,22-,23+,27+;20?,22-,23+,27-/m11/s1. The molecule has 0 radical (unpaired) electrons. The molecule has 4 aromatic carbocycles. The number of nitrogens with one attached hydrogen (secondary N) is 2. The highest BCUT2D eigenvalue weighted by Gasteiger charge is 2.59. The summed E-state index contributed by atoms with van der Waals surface area (Å²) in [7, 11) is 0. The van der Waals surface area contributed by atoms with Gasteiger partial charge in [0.2, 0.25) is 0 Å². The van der Waals surface area contributed by atoms with Gasteiger partial charge in [-0.2, -0.15) is 36.9 Å². The first kappa shape index (κ1) is 54.5. The predicted molar refractivity (Wildman–Crippen MR) is 266 cm³/mol. The van der Waals surface area contributed by atoms with Crippen LogP contribution in [-0.2, 0) is 23.2 Å². The molecule has 404 valence electrons. The van der Waals surface area contributed by atoms with Gasteiger partial charge in [-0.15, -0.1) is 0 Å². The van der Waals surface area contributed by atoms with E-state index in [2.05, 4.69) is 44.7 Å². The minimum absolute atomic E-state index is 0.00311. The van der Waals surface area contributed by atoms with Crippen LogP contribution in [0.1, 0.15) is 97.6 Å². The van der Waals surface area contributed by atoms with E-state index in [0.717, 1.165) is 87.7 Å². The number of nitrogens with zero attached hydrogens (tertiary/aromatic N) is 6. The van der Waals surface area contributed by atoms with E-state index in [1.54, 1.807) is 21.9 Å². The molecule has 76 heavy (non-hydrogen) atoms. The molecule has 10 rings (SSSR count). The fraction of sp³-hybridized carbons (Fsp3) is 0.500. The van der Waals surface area contributed by atoms with Crippen molar-refractivity contribution in [2.75, 3.05) is 63.0 Å². The van der Waals surface area contributed by atoms with Gasteiger partial charge < -0.3 is 30.6 Å². The lowest BCUT2D eigenvalue weighted by atomic mass is 9.80. The second-order valence-corrected chi connectivity index (χ2v) is 21.5. The number of fused-ring (bicyclic) bond motifs is 2. The highest BCUT2D eigenvalue weighted by atomic mass is 19.4. The Kier molecular flexibility index (Phi) is 15.7. The number of aliphatic hydroxyl groups excluding tert-OH is 2. The largest absolute Gasteiger partial charge is 0.419 e. The lowest BCUT2D eigenvalue weighted by Crippen LogP contribution is -2.48. The smallest absolute Gasteiger partial charge is 0.392 e. The Labute approximate surface area is 435 Å². The Morgan fingerprint density at radius 3 is 1.37 bits per heavy atom. The first-order valence-electron chi connectivity index (χ1n) is 25.9. The maximum atomic E-state index is 13.8. The van der Waals surface area contributed by atoms with E-state index < -0.39 is 59.4 Å². The van der Waals surface area contributed by atoms with Gasteiger partial charge in [-0.1, -0.05) is 24.3 Å². The molecular formula is C56H60F8N8O4. The van der Waals surface area contributed by atoms with Crippen molar-refractivity contribution >= 4 is 23.4 Å². The molecule has 2 saturated heterocycles. The molecule has 0 aromatic heterocycles. The number of alkyl halides is 6. The second kappa shape index (κ2) is 22.0. The molecule has 20 heteroatoms. The van der Waals surface area contributed by atoms with Gasteiger partial charge in [0.1, 0.15) is 11.6 Å². The Balaban J connectivity index is 0.000000186. The fourth-order valence-corrected chi connectivity index (χ4v) is 12.6. The Morgan fingerprint density at radius 2 is 1.03 bits per heavy atom. The number of β-amino-alcohol motifs (C(OH)–C–C–N with tert-alkyl or cyclic N) is 2. The van der Waals surface area contributed by atoms with E-state index >= 15 is 0 Å². The number of carbonyl (C=O) groups is 2. The van der Waals surface area contributed by atoms with Crippen LogP contribution in [0.4, 0.5) is 56.1 Å². The van der Waals surface area contributed by atoms with Gasteiger partial charge in [0, 0.05) is 75.8 Å². The zero-order chi connectivity index (χ0) is 54.2. The molecule has 2 aliphatic heterocycles. The maximum Gasteiger partial charge on any atom is 0.419 e. The normalized spacial score (nSPS) is 26.9. The van der Waals surface area contributed by atoms with Crippen LogP contribution in [-0.4, -0.2) is 119 Å². The zero-order valence-corrected chi connectivity index (χ0v) is 41.7. The molecule has 4 aliphatic carbocycles. The van der Waals surface area contributed by atoms with Crippen molar-refractivity contribution < 1.29 is 54.9 Å². The van der Waals surface area contributed by atoms with Crippen LogP contribution in [0.2, 0.25) is 0 Å². The first-order chi connectivity index (χ1) is 36.2. The number of benzene rings is 4. The number of hydrogen-bond acceptors (Lipinski definition) is 8. The highest BCUT2D eigenvalue weighted by molar-refractivity contribution is 5.90. The summed E-state index contributed by atoms with van der Waals surface area (Å²) < 4.78 is 107. The van der Waals surface area contributed by atoms with Crippen LogP contribution in [0.25, 0.3) is 0 Å². The van der Waals surface area contributed by atoms with E-state index in [9.17, 15) is 65.4 Å². The third kappa shape index (κ3) is 12.1. The predicted octanol–water partition coefficient (Wildman–Crippen LogP) is 10.3. The number of hydrogen-bond donors (Lipinski definition) is 4. The summed E-state index contributed by atoms with van der Waals surface area (Å²) in [6.07, 6.45) is -2.63. The third-order valence-electron chi connectivity index (χ3n) is 16.8. The van der Waals surface area contributed by atoms with Crippen molar-refractivity contribution in [2.24, 2.45) is 11.8 Å². The highest BCUT2D eigenvalue weighted by Crippen LogP contribution is 2.64. The van der Waals surface area contributed by atoms with E-state index in [4.69, 9.17) is 0 Å². The third-order valence-corrected chi connectivity index (χ3v) is 16.8. The number of halogens is 8. The molecule has 2 heterocycles. The molecule has 0 spiro atoms. The SMILES string of the molecule is N#Cc1cccc([C@@]23CC[C@@H](N(CCN4CC[C@H](O)C4)C(=O)Nc4ccc(F)c(C(F)(F)F)c4)CC2C3)c1.N#Cc1cccc([C@]23CC[C@@H](N(CCN4CC[C@H](O)C4)C(=O)Nc4ccc(F)c(C(F)(F)F)c4)CC2C3)c1. The van der Waals surface area contributed by atoms with E-state index in [1.165, 1.54) is 0 Å². The minimum atomic E-state index is -4.87. The lowest BCUT2D eigenvalue weighted by molar-refractivity contribution is -0.140. The van der Waals surface area contributed by atoms with E-state index in [-0.39, 0.29) is 34.3 Å². The Morgan fingerprint density at radius 1 is 0.618 bits per heavy atom. The van der Waals surface area contributed by atoms with Crippen molar-refractivity contribution in [1.82, 2.24) is 19.6 Å². The van der Waals surface area contributed by atoms with Crippen molar-refractivity contribution in [3.05, 3.63) is 130 Å². The van der Waals surface area contributed by atoms with Crippen LogP contribution in [0.15, 0.2) is 84.9 Å². The summed E-state index contributed by atoms with van der Waals surface area (Å²) in [5.41, 5.74) is 0.464. The van der Waals surface area contributed by atoms with Gasteiger partial charge >= 0.3 is 24.4 Å². The van der Waals surface area contributed by atoms with Crippen LogP contribution in [0.3, 0.4) is 0 Å². The molecule has 6 fully saturated rings. The summed E-state index contributed by atoms with van der Waals surface area (Å²) in [6, 6.07) is 23.4. The average molecular weight is 1060 g/mol. The molecule has 8 atom stereocenters. The molecule has 0 bridgehead atoms. The molecular weight excluding hydrogens is 1000 g/mol. The summed E-state index contributed by atoms with van der Waals surface area (Å²) in [5.74, 6) is -2.08. The van der Waals surface area contributed by atoms with Gasteiger partial charge in [-0.05, 0) is 159 Å². The van der Waals surface area contributed by atoms with Crippen molar-refractivity contribution in [3.8, 4) is 12.1 Å². The summed E-state index contributed by atoms with van der Waals surface area (Å²) in [4.78, 5) is 34.4. The molecule has 2 unspecified atom stereocenters. The van der Waals surface area contributed by atoms with Crippen LogP contribution >= 0.6 is 0 Å². The fourth-order valence-electron chi connectivity index (χ4n) is 12.6. The van der Waals surface area contributed by atoms with E-state index in [1.807, 2.05) is 24.3 Å². The number of urea groups is 2. The summed E-state index contributed by atoms with van der Waals surface area (Å²) in [6.45, 7) is 4.28. The van der Waals surface area contributed by atoms with Crippen molar-refractivity contribution in [2.45, 2.75) is 112 Å². The second-order valence-electron chi connectivity index (χ2n) is 21.5.